The fourth-order valence-electron chi connectivity index (χ4n) is 3.62. The van der Waals surface area contributed by atoms with Crippen molar-refractivity contribution in [1.29, 1.82) is 0 Å². The first-order valence-electron chi connectivity index (χ1n) is 11.5. The van der Waals surface area contributed by atoms with E-state index in [1.165, 1.54) is 24.3 Å². The van der Waals surface area contributed by atoms with Crippen LogP contribution in [0.2, 0.25) is 0 Å². The highest BCUT2D eigenvalue weighted by Gasteiger charge is 2.26. The van der Waals surface area contributed by atoms with Gasteiger partial charge in [-0.3, -0.25) is 14.3 Å². The van der Waals surface area contributed by atoms with Crippen molar-refractivity contribution in [3.05, 3.63) is 89.5 Å². The number of hydrogen-bond donors (Lipinski definition) is 3. The molecule has 0 spiro atoms. The van der Waals surface area contributed by atoms with E-state index in [1.54, 1.807) is 24.3 Å². The number of hydrogen-bond acceptors (Lipinski definition) is 4. The molecule has 7 nitrogen and oxygen atoms in total. The lowest BCUT2D eigenvalue weighted by Crippen LogP contribution is -2.47. The maximum atomic E-state index is 13.0. The molecule has 0 aliphatic heterocycles. The summed E-state index contributed by atoms with van der Waals surface area (Å²) in [6.45, 7) is 7.52. The van der Waals surface area contributed by atoms with Gasteiger partial charge in [0, 0.05) is 11.3 Å². The standard InChI is InChI=1S/C27H31N3O4S/c1-5-18(2)25(29-26(31)21-12-7-6-8-13-21)27(32)28-22-14-16-23(17-15-22)35(33,34)30-24-19(3)10-9-11-20(24)4/h6-18,25,30H,5H2,1-4H3,(H,28,32)(H,29,31). The predicted molar refractivity (Wildman–Crippen MR) is 139 cm³/mol. The number of anilines is 2. The lowest BCUT2D eigenvalue weighted by molar-refractivity contribution is -0.119. The average Bonchev–Trinajstić information content (AvgIpc) is 2.85. The first-order chi connectivity index (χ1) is 16.6. The van der Waals surface area contributed by atoms with Gasteiger partial charge in [-0.05, 0) is 67.3 Å². The summed E-state index contributed by atoms with van der Waals surface area (Å²) in [5.74, 6) is -0.804. The summed E-state index contributed by atoms with van der Waals surface area (Å²) in [6.07, 6.45) is 0.689. The van der Waals surface area contributed by atoms with E-state index >= 15 is 0 Å². The summed E-state index contributed by atoms with van der Waals surface area (Å²) in [6, 6.07) is 19.5. The van der Waals surface area contributed by atoms with Crippen LogP contribution in [-0.4, -0.2) is 26.3 Å². The highest BCUT2D eigenvalue weighted by atomic mass is 32.2. The maximum absolute atomic E-state index is 13.0. The molecule has 0 saturated carbocycles. The summed E-state index contributed by atoms with van der Waals surface area (Å²) < 4.78 is 28.4. The van der Waals surface area contributed by atoms with E-state index in [0.717, 1.165) is 11.1 Å². The van der Waals surface area contributed by atoms with Crippen molar-refractivity contribution >= 4 is 33.2 Å². The van der Waals surface area contributed by atoms with Crippen LogP contribution in [0.4, 0.5) is 11.4 Å². The summed E-state index contributed by atoms with van der Waals surface area (Å²) in [7, 11) is -3.80. The molecule has 2 atom stereocenters. The molecule has 0 aliphatic carbocycles. The minimum Gasteiger partial charge on any atom is -0.340 e. The molecule has 0 bridgehead atoms. The van der Waals surface area contributed by atoms with Gasteiger partial charge < -0.3 is 10.6 Å². The number of para-hydroxylation sites is 1. The fraction of sp³-hybridized carbons (Fsp3) is 0.259. The second-order valence-corrected chi connectivity index (χ2v) is 10.3. The zero-order chi connectivity index (χ0) is 25.6. The highest BCUT2D eigenvalue weighted by Crippen LogP contribution is 2.24. The van der Waals surface area contributed by atoms with Gasteiger partial charge in [0.05, 0.1) is 10.6 Å². The summed E-state index contributed by atoms with van der Waals surface area (Å²) >= 11 is 0. The van der Waals surface area contributed by atoms with Crippen LogP contribution in [-0.2, 0) is 14.8 Å². The van der Waals surface area contributed by atoms with Gasteiger partial charge in [-0.25, -0.2) is 8.42 Å². The van der Waals surface area contributed by atoms with Crippen LogP contribution in [0, 0.1) is 19.8 Å². The molecule has 3 rings (SSSR count). The van der Waals surface area contributed by atoms with Crippen LogP contribution in [0.15, 0.2) is 77.7 Å². The molecule has 0 radical (unpaired) electrons. The Balaban J connectivity index is 1.73. The van der Waals surface area contributed by atoms with Gasteiger partial charge in [-0.2, -0.15) is 0 Å². The Labute approximate surface area is 207 Å². The van der Waals surface area contributed by atoms with Gasteiger partial charge in [-0.15, -0.1) is 0 Å². The van der Waals surface area contributed by atoms with E-state index < -0.39 is 16.1 Å². The smallest absolute Gasteiger partial charge is 0.261 e. The van der Waals surface area contributed by atoms with Crippen LogP contribution in [0.25, 0.3) is 0 Å². The number of benzene rings is 3. The van der Waals surface area contributed by atoms with Crippen molar-refractivity contribution in [2.24, 2.45) is 5.92 Å². The van der Waals surface area contributed by atoms with Gasteiger partial charge >= 0.3 is 0 Å². The minimum atomic E-state index is -3.80. The largest absolute Gasteiger partial charge is 0.340 e. The molecule has 3 aromatic rings. The quantitative estimate of drug-likeness (QED) is 0.395. The first-order valence-corrected chi connectivity index (χ1v) is 13.0. The Morgan fingerprint density at radius 3 is 2.03 bits per heavy atom. The highest BCUT2D eigenvalue weighted by molar-refractivity contribution is 7.92. The molecular formula is C27H31N3O4S. The molecule has 2 unspecified atom stereocenters. The third kappa shape index (κ3) is 6.48. The molecule has 0 heterocycles. The molecule has 3 N–H and O–H groups in total. The third-order valence-corrected chi connectivity index (χ3v) is 7.33. The van der Waals surface area contributed by atoms with Crippen molar-refractivity contribution in [1.82, 2.24) is 5.32 Å². The van der Waals surface area contributed by atoms with Gasteiger partial charge in [0.25, 0.3) is 15.9 Å². The zero-order valence-corrected chi connectivity index (χ0v) is 21.1. The van der Waals surface area contributed by atoms with E-state index in [1.807, 2.05) is 52.0 Å². The monoisotopic (exact) mass is 493 g/mol. The summed E-state index contributed by atoms with van der Waals surface area (Å²) in [4.78, 5) is 25.7. The van der Waals surface area contributed by atoms with E-state index in [0.29, 0.717) is 23.4 Å². The van der Waals surface area contributed by atoms with Gasteiger partial charge in [0.2, 0.25) is 5.91 Å². The van der Waals surface area contributed by atoms with Crippen LogP contribution in [0.1, 0.15) is 41.8 Å². The second-order valence-electron chi connectivity index (χ2n) is 8.59. The number of sulfonamides is 1. The van der Waals surface area contributed by atoms with Crippen molar-refractivity contribution in [2.45, 2.75) is 45.1 Å². The zero-order valence-electron chi connectivity index (χ0n) is 20.3. The van der Waals surface area contributed by atoms with Gasteiger partial charge in [-0.1, -0.05) is 56.7 Å². The van der Waals surface area contributed by atoms with Crippen LogP contribution in [0.3, 0.4) is 0 Å². The Bertz CT molecular complexity index is 1270. The van der Waals surface area contributed by atoms with Crippen molar-refractivity contribution < 1.29 is 18.0 Å². The average molecular weight is 494 g/mol. The minimum absolute atomic E-state index is 0.0778. The van der Waals surface area contributed by atoms with E-state index in [9.17, 15) is 18.0 Å². The van der Waals surface area contributed by atoms with Crippen LogP contribution in [0.5, 0.6) is 0 Å². The summed E-state index contributed by atoms with van der Waals surface area (Å²) in [5.41, 5.74) is 3.11. The van der Waals surface area contributed by atoms with Gasteiger partial charge in [0.15, 0.2) is 0 Å². The normalized spacial score (nSPS) is 12.9. The SMILES string of the molecule is CCC(C)C(NC(=O)c1ccccc1)C(=O)Nc1ccc(S(=O)(=O)Nc2c(C)cccc2C)cc1. The molecule has 35 heavy (non-hydrogen) atoms. The molecule has 0 aromatic heterocycles. The third-order valence-electron chi connectivity index (χ3n) is 5.97. The Morgan fingerprint density at radius 1 is 0.857 bits per heavy atom. The van der Waals surface area contributed by atoms with E-state index in [-0.39, 0.29) is 22.6 Å². The Kier molecular flexibility index (Phi) is 8.30. The second kappa shape index (κ2) is 11.2. The molecule has 3 aromatic carbocycles. The lowest BCUT2D eigenvalue weighted by atomic mass is 9.97. The van der Waals surface area contributed by atoms with Crippen molar-refractivity contribution in [3.8, 4) is 0 Å². The van der Waals surface area contributed by atoms with Gasteiger partial charge in [0.1, 0.15) is 6.04 Å². The molecule has 0 aliphatic rings. The number of aryl methyl sites for hydroxylation is 2. The predicted octanol–water partition coefficient (Wildman–Crippen LogP) is 4.89. The summed E-state index contributed by atoms with van der Waals surface area (Å²) in [5, 5.41) is 5.61. The van der Waals surface area contributed by atoms with E-state index in [2.05, 4.69) is 15.4 Å². The molecule has 0 fully saturated rings. The number of rotatable bonds is 9. The number of amides is 2. The van der Waals surface area contributed by atoms with Crippen LogP contribution >= 0.6 is 0 Å². The fourth-order valence-corrected chi connectivity index (χ4v) is 4.83. The molecule has 0 saturated heterocycles. The number of nitrogens with one attached hydrogen (secondary N) is 3. The van der Waals surface area contributed by atoms with Crippen molar-refractivity contribution in [2.75, 3.05) is 10.0 Å². The van der Waals surface area contributed by atoms with Crippen molar-refractivity contribution in [3.63, 3.8) is 0 Å². The number of carbonyl (C=O) groups is 2. The molecule has 2 amide bonds. The topological polar surface area (TPSA) is 104 Å². The maximum Gasteiger partial charge on any atom is 0.261 e. The lowest BCUT2D eigenvalue weighted by Gasteiger charge is -2.23. The first kappa shape index (κ1) is 26.0. The van der Waals surface area contributed by atoms with Crippen LogP contribution < -0.4 is 15.4 Å². The number of carbonyl (C=O) groups excluding carboxylic acids is 2. The Morgan fingerprint density at radius 2 is 1.46 bits per heavy atom. The molecular weight excluding hydrogens is 462 g/mol. The molecule has 8 heteroatoms. The Hall–Kier alpha value is -3.65. The van der Waals surface area contributed by atoms with E-state index in [4.69, 9.17) is 0 Å². The molecule has 184 valence electrons.